The first kappa shape index (κ1) is 17.8. The maximum Gasteiger partial charge on any atom is 0.573 e. The average molecular weight is 357 g/mol. The molecule has 2 fully saturated rings. The first-order chi connectivity index (χ1) is 11.9. The fourth-order valence-corrected chi connectivity index (χ4v) is 3.41. The van der Waals surface area contributed by atoms with Crippen molar-refractivity contribution in [1.82, 2.24) is 10.2 Å². The van der Waals surface area contributed by atoms with Crippen LogP contribution in [-0.2, 0) is 11.3 Å². The van der Waals surface area contributed by atoms with E-state index in [1.807, 2.05) is 0 Å². The van der Waals surface area contributed by atoms with Gasteiger partial charge in [-0.15, -0.1) is 13.2 Å². The van der Waals surface area contributed by atoms with Crippen molar-refractivity contribution in [2.45, 2.75) is 25.7 Å². The molecule has 138 valence electrons. The van der Waals surface area contributed by atoms with Crippen molar-refractivity contribution in [1.29, 1.82) is 0 Å². The number of hydrogen-bond acceptors (Lipinski definition) is 3. The van der Waals surface area contributed by atoms with Crippen LogP contribution in [0.25, 0.3) is 0 Å². The van der Waals surface area contributed by atoms with E-state index in [2.05, 4.69) is 19.9 Å². The Hall–Kier alpha value is -1.96. The molecule has 1 unspecified atom stereocenters. The number of guanidine groups is 1. The van der Waals surface area contributed by atoms with Gasteiger partial charge in [-0.25, -0.2) is 0 Å². The molecular formula is C17H22F3N3O2. The quantitative estimate of drug-likeness (QED) is 0.668. The molecule has 2 heterocycles. The van der Waals surface area contributed by atoms with E-state index in [0.717, 1.165) is 50.7 Å². The molecule has 0 bridgehead atoms. The number of nitrogens with one attached hydrogen (secondary N) is 1. The van der Waals surface area contributed by atoms with Crippen LogP contribution in [0.4, 0.5) is 13.2 Å². The lowest BCUT2D eigenvalue weighted by Crippen LogP contribution is -2.41. The number of rotatable bonds is 3. The van der Waals surface area contributed by atoms with E-state index in [1.165, 1.54) is 12.1 Å². The smallest absolute Gasteiger partial charge is 0.406 e. The third kappa shape index (κ3) is 4.56. The van der Waals surface area contributed by atoms with Gasteiger partial charge in [0, 0.05) is 38.7 Å². The molecule has 0 aliphatic carbocycles. The largest absolute Gasteiger partial charge is 0.573 e. The summed E-state index contributed by atoms with van der Waals surface area (Å²) in [7, 11) is 1.73. The van der Waals surface area contributed by atoms with Crippen LogP contribution in [0.15, 0.2) is 29.3 Å². The highest BCUT2D eigenvalue weighted by atomic mass is 19.4. The van der Waals surface area contributed by atoms with Crippen LogP contribution < -0.4 is 10.1 Å². The van der Waals surface area contributed by atoms with E-state index in [1.54, 1.807) is 19.2 Å². The molecule has 1 spiro atoms. The molecule has 1 N–H and O–H groups in total. The molecule has 0 aromatic heterocycles. The van der Waals surface area contributed by atoms with Gasteiger partial charge < -0.3 is 19.7 Å². The predicted octanol–water partition coefficient (Wildman–Crippen LogP) is 2.77. The zero-order valence-corrected chi connectivity index (χ0v) is 14.1. The summed E-state index contributed by atoms with van der Waals surface area (Å²) in [5, 5.41) is 3.27. The second-order valence-corrected chi connectivity index (χ2v) is 6.57. The molecule has 2 aliphatic rings. The van der Waals surface area contributed by atoms with Crippen molar-refractivity contribution >= 4 is 5.96 Å². The number of alkyl halides is 3. The van der Waals surface area contributed by atoms with Crippen molar-refractivity contribution in [3.63, 3.8) is 0 Å². The Morgan fingerprint density at radius 1 is 1.32 bits per heavy atom. The van der Waals surface area contributed by atoms with Gasteiger partial charge in [0.1, 0.15) is 5.75 Å². The first-order valence-electron chi connectivity index (χ1n) is 8.27. The zero-order valence-electron chi connectivity index (χ0n) is 14.1. The minimum Gasteiger partial charge on any atom is -0.406 e. The number of likely N-dealkylation sites (tertiary alicyclic amines) is 1. The normalized spacial score (nSPS) is 24.2. The summed E-state index contributed by atoms with van der Waals surface area (Å²) in [5.41, 5.74) is 1.10. The van der Waals surface area contributed by atoms with E-state index in [4.69, 9.17) is 4.74 Å². The summed E-state index contributed by atoms with van der Waals surface area (Å²) in [5.74, 6) is 0.586. The summed E-state index contributed by atoms with van der Waals surface area (Å²) < 4.78 is 45.9. The summed E-state index contributed by atoms with van der Waals surface area (Å²) in [6.45, 7) is 3.97. The summed E-state index contributed by atoms with van der Waals surface area (Å²) in [6, 6.07) is 5.84. The van der Waals surface area contributed by atoms with Gasteiger partial charge in [-0.3, -0.25) is 4.99 Å². The topological polar surface area (TPSA) is 46.1 Å². The molecule has 1 atom stereocenters. The molecule has 8 heteroatoms. The lowest BCUT2D eigenvalue weighted by molar-refractivity contribution is -0.274. The van der Waals surface area contributed by atoms with E-state index < -0.39 is 6.36 Å². The number of hydrogen-bond donors (Lipinski definition) is 1. The molecule has 5 nitrogen and oxygen atoms in total. The van der Waals surface area contributed by atoms with E-state index in [-0.39, 0.29) is 11.2 Å². The molecule has 1 aromatic rings. The van der Waals surface area contributed by atoms with E-state index >= 15 is 0 Å². The highest BCUT2D eigenvalue weighted by Crippen LogP contribution is 2.38. The maximum absolute atomic E-state index is 12.2. The molecule has 0 amide bonds. The second kappa shape index (κ2) is 7.11. The predicted molar refractivity (Wildman–Crippen MR) is 87.4 cm³/mol. The van der Waals surface area contributed by atoms with Gasteiger partial charge in [-0.05, 0) is 30.5 Å². The van der Waals surface area contributed by atoms with Gasteiger partial charge in [0.25, 0.3) is 0 Å². The van der Waals surface area contributed by atoms with Crippen LogP contribution in [-0.4, -0.2) is 50.6 Å². The van der Waals surface area contributed by atoms with Crippen LogP contribution in [0.1, 0.15) is 18.4 Å². The van der Waals surface area contributed by atoms with E-state index in [0.29, 0.717) is 6.54 Å². The van der Waals surface area contributed by atoms with Crippen LogP contribution in [0, 0.1) is 5.41 Å². The highest BCUT2D eigenvalue weighted by molar-refractivity contribution is 5.80. The SMILES string of the molecule is CN=C(NCc1ccc(OC(F)(F)F)cc1)N1CCC2(CCOC2)C1. The van der Waals surface area contributed by atoms with Gasteiger partial charge in [0.05, 0.1) is 6.61 Å². The van der Waals surface area contributed by atoms with Gasteiger partial charge >= 0.3 is 6.36 Å². The number of ether oxygens (including phenoxy) is 2. The summed E-state index contributed by atoms with van der Waals surface area (Å²) >= 11 is 0. The number of halogens is 3. The lowest BCUT2D eigenvalue weighted by Gasteiger charge is -2.25. The Morgan fingerprint density at radius 2 is 2.08 bits per heavy atom. The molecule has 3 rings (SSSR count). The standard InChI is InChI=1S/C17H22F3N3O2/c1-21-15(23-8-6-16(11-23)7-9-24-12-16)22-10-13-2-4-14(5-3-13)25-17(18,19)20/h2-5H,6-12H2,1H3,(H,21,22). The van der Waals surface area contributed by atoms with Crippen LogP contribution in [0.5, 0.6) is 5.75 Å². The van der Waals surface area contributed by atoms with Gasteiger partial charge in [0.2, 0.25) is 0 Å². The number of nitrogens with zero attached hydrogens (tertiary/aromatic N) is 2. The van der Waals surface area contributed by atoms with Crippen LogP contribution in [0.2, 0.25) is 0 Å². The minimum absolute atomic E-state index is 0.219. The molecule has 2 aliphatic heterocycles. The Morgan fingerprint density at radius 3 is 2.68 bits per heavy atom. The van der Waals surface area contributed by atoms with Crippen molar-refractivity contribution in [3.05, 3.63) is 29.8 Å². The monoisotopic (exact) mass is 357 g/mol. The van der Waals surface area contributed by atoms with Crippen LogP contribution >= 0.6 is 0 Å². The number of aliphatic imine (C=N–C) groups is 1. The van der Waals surface area contributed by atoms with Gasteiger partial charge in [0.15, 0.2) is 5.96 Å². The third-order valence-corrected chi connectivity index (χ3v) is 4.74. The minimum atomic E-state index is -4.67. The lowest BCUT2D eigenvalue weighted by atomic mass is 9.87. The fraction of sp³-hybridized carbons (Fsp3) is 0.588. The maximum atomic E-state index is 12.2. The van der Waals surface area contributed by atoms with Crippen LogP contribution in [0.3, 0.4) is 0 Å². The molecule has 1 aromatic carbocycles. The Labute approximate surface area is 144 Å². The Balaban J connectivity index is 1.53. The molecule has 0 radical (unpaired) electrons. The molecule has 25 heavy (non-hydrogen) atoms. The summed E-state index contributed by atoms with van der Waals surface area (Å²) in [4.78, 5) is 6.54. The molecule has 2 saturated heterocycles. The van der Waals surface area contributed by atoms with Crippen molar-refractivity contribution in [2.75, 3.05) is 33.4 Å². The second-order valence-electron chi connectivity index (χ2n) is 6.57. The molecular weight excluding hydrogens is 335 g/mol. The molecule has 0 saturated carbocycles. The third-order valence-electron chi connectivity index (χ3n) is 4.74. The number of benzene rings is 1. The van der Waals surface area contributed by atoms with Crippen molar-refractivity contribution in [3.8, 4) is 5.75 Å². The first-order valence-corrected chi connectivity index (χ1v) is 8.27. The average Bonchev–Trinajstić information content (AvgIpc) is 3.19. The van der Waals surface area contributed by atoms with E-state index in [9.17, 15) is 13.2 Å². The van der Waals surface area contributed by atoms with Crippen molar-refractivity contribution in [2.24, 2.45) is 10.4 Å². The Kier molecular flexibility index (Phi) is 5.08. The van der Waals surface area contributed by atoms with Gasteiger partial charge in [-0.2, -0.15) is 0 Å². The Bertz CT molecular complexity index is 611. The van der Waals surface area contributed by atoms with Crippen molar-refractivity contribution < 1.29 is 22.6 Å². The fourth-order valence-electron chi connectivity index (χ4n) is 3.41. The highest BCUT2D eigenvalue weighted by Gasteiger charge is 2.42. The summed E-state index contributed by atoms with van der Waals surface area (Å²) in [6.07, 6.45) is -2.49. The zero-order chi connectivity index (χ0) is 17.9. The van der Waals surface area contributed by atoms with Gasteiger partial charge in [-0.1, -0.05) is 12.1 Å².